The molecule has 0 aliphatic rings. The summed E-state index contributed by atoms with van der Waals surface area (Å²) in [7, 11) is 0. The third kappa shape index (κ3) is 2.49. The van der Waals surface area contributed by atoms with Crippen molar-refractivity contribution in [3.63, 3.8) is 0 Å². The number of benzene rings is 1. The van der Waals surface area contributed by atoms with Crippen LogP contribution in [-0.2, 0) is 17.4 Å². The summed E-state index contributed by atoms with van der Waals surface area (Å²) in [4.78, 5) is 0. The molecule has 0 bridgehead atoms. The minimum absolute atomic E-state index is 0.0307. The van der Waals surface area contributed by atoms with Gasteiger partial charge in [-0.25, -0.2) is 0 Å². The number of furan rings is 1. The molecule has 1 aromatic carbocycles. The second-order valence-corrected chi connectivity index (χ2v) is 7.79. The largest absolute Gasteiger partial charge is 0.459 e. The number of aryl methyl sites for hydroxylation is 1. The summed E-state index contributed by atoms with van der Waals surface area (Å²) in [5.41, 5.74) is 10.8. The van der Waals surface area contributed by atoms with Crippen LogP contribution >= 0.6 is 0 Å². The second kappa shape index (κ2) is 4.63. The maximum absolute atomic E-state index is 6.16. The predicted octanol–water partition coefficient (Wildman–Crippen LogP) is 4.79. The summed E-state index contributed by atoms with van der Waals surface area (Å²) in [6.07, 6.45) is 0. The van der Waals surface area contributed by atoms with Crippen molar-refractivity contribution in [2.24, 2.45) is 5.73 Å². The third-order valence-electron chi connectivity index (χ3n) is 3.75. The standard InChI is InChI=1S/C18H27NO/c1-11-8-12-15(18(5,6)7)14(10-19)20-16(12)13(9-11)17(2,3)4/h8-9H,10,19H2,1-7H3. The lowest BCUT2D eigenvalue weighted by Gasteiger charge is -2.21. The average molecular weight is 273 g/mol. The molecule has 0 aliphatic carbocycles. The molecule has 2 rings (SSSR count). The lowest BCUT2D eigenvalue weighted by Crippen LogP contribution is -2.15. The lowest BCUT2D eigenvalue weighted by atomic mass is 9.81. The molecule has 1 heterocycles. The van der Waals surface area contributed by atoms with Gasteiger partial charge in [0.05, 0.1) is 6.54 Å². The molecule has 20 heavy (non-hydrogen) atoms. The minimum Gasteiger partial charge on any atom is -0.459 e. The van der Waals surface area contributed by atoms with Crippen LogP contribution in [0, 0.1) is 6.92 Å². The van der Waals surface area contributed by atoms with Gasteiger partial charge in [-0.05, 0) is 29.4 Å². The van der Waals surface area contributed by atoms with Crippen LogP contribution in [0.4, 0.5) is 0 Å². The van der Waals surface area contributed by atoms with E-state index < -0.39 is 0 Å². The van der Waals surface area contributed by atoms with Gasteiger partial charge in [-0.1, -0.05) is 47.6 Å². The molecule has 0 aliphatic heterocycles. The Morgan fingerprint density at radius 2 is 1.60 bits per heavy atom. The summed E-state index contributed by atoms with van der Waals surface area (Å²) in [5, 5.41) is 1.22. The molecular weight excluding hydrogens is 246 g/mol. The molecule has 2 aromatic rings. The molecule has 0 fully saturated rings. The van der Waals surface area contributed by atoms with E-state index in [9.17, 15) is 0 Å². The highest BCUT2D eigenvalue weighted by Crippen LogP contribution is 2.40. The normalized spacial score (nSPS) is 13.2. The van der Waals surface area contributed by atoms with Gasteiger partial charge in [-0.2, -0.15) is 0 Å². The molecule has 0 saturated carbocycles. The summed E-state index contributed by atoms with van der Waals surface area (Å²) in [6, 6.07) is 4.46. The van der Waals surface area contributed by atoms with E-state index in [0.29, 0.717) is 6.54 Å². The maximum atomic E-state index is 6.16. The van der Waals surface area contributed by atoms with Gasteiger partial charge in [0.15, 0.2) is 0 Å². The fraction of sp³-hybridized carbons (Fsp3) is 0.556. The highest BCUT2D eigenvalue weighted by molar-refractivity contribution is 5.87. The molecule has 2 N–H and O–H groups in total. The number of fused-ring (bicyclic) bond motifs is 1. The monoisotopic (exact) mass is 273 g/mol. The number of hydrogen-bond donors (Lipinski definition) is 1. The zero-order valence-electron chi connectivity index (χ0n) is 13.8. The third-order valence-corrected chi connectivity index (χ3v) is 3.75. The first kappa shape index (κ1) is 15.1. The summed E-state index contributed by atoms with van der Waals surface area (Å²) in [5.74, 6) is 0.920. The molecule has 0 radical (unpaired) electrons. The number of rotatable bonds is 1. The van der Waals surface area contributed by atoms with Gasteiger partial charge in [0.2, 0.25) is 0 Å². The highest BCUT2D eigenvalue weighted by Gasteiger charge is 2.28. The predicted molar refractivity (Wildman–Crippen MR) is 86.2 cm³/mol. The van der Waals surface area contributed by atoms with Gasteiger partial charge < -0.3 is 10.2 Å². The molecule has 1 aromatic heterocycles. The van der Waals surface area contributed by atoms with Gasteiger partial charge in [0, 0.05) is 16.5 Å². The van der Waals surface area contributed by atoms with E-state index in [4.69, 9.17) is 10.2 Å². The SMILES string of the molecule is Cc1cc(C(C)(C)C)c2oc(CN)c(C(C)(C)C)c2c1. The van der Waals surface area contributed by atoms with E-state index in [2.05, 4.69) is 60.6 Å². The van der Waals surface area contributed by atoms with Crippen LogP contribution < -0.4 is 5.73 Å². The minimum atomic E-state index is 0.0307. The first-order valence-corrected chi connectivity index (χ1v) is 7.32. The second-order valence-electron chi connectivity index (χ2n) is 7.79. The molecule has 0 atom stereocenters. The molecular formula is C18H27NO. The van der Waals surface area contributed by atoms with Crippen LogP contribution in [0.1, 0.15) is 64.0 Å². The quantitative estimate of drug-likeness (QED) is 0.811. The van der Waals surface area contributed by atoms with Crippen molar-refractivity contribution in [3.8, 4) is 0 Å². The first-order chi connectivity index (χ1) is 9.05. The first-order valence-electron chi connectivity index (χ1n) is 7.32. The van der Waals surface area contributed by atoms with Crippen molar-refractivity contribution in [3.05, 3.63) is 34.6 Å². The molecule has 2 nitrogen and oxygen atoms in total. The molecule has 110 valence electrons. The molecule has 2 heteroatoms. The van der Waals surface area contributed by atoms with Crippen molar-refractivity contribution in [1.82, 2.24) is 0 Å². The summed E-state index contributed by atoms with van der Waals surface area (Å²) >= 11 is 0. The van der Waals surface area contributed by atoms with Crippen molar-refractivity contribution in [1.29, 1.82) is 0 Å². The molecule has 0 saturated heterocycles. The Bertz CT molecular complexity index is 636. The van der Waals surface area contributed by atoms with Crippen molar-refractivity contribution < 1.29 is 4.42 Å². The number of hydrogen-bond acceptors (Lipinski definition) is 2. The van der Waals surface area contributed by atoms with Crippen LogP contribution in [0.3, 0.4) is 0 Å². The smallest absolute Gasteiger partial charge is 0.138 e. The van der Waals surface area contributed by atoms with Gasteiger partial charge in [-0.15, -0.1) is 0 Å². The van der Waals surface area contributed by atoms with E-state index in [1.807, 2.05) is 0 Å². The van der Waals surface area contributed by atoms with E-state index in [0.717, 1.165) is 11.3 Å². The molecule has 0 spiro atoms. The van der Waals surface area contributed by atoms with Crippen molar-refractivity contribution >= 4 is 11.0 Å². The van der Waals surface area contributed by atoms with Gasteiger partial charge in [0.25, 0.3) is 0 Å². The Balaban J connectivity index is 2.92. The van der Waals surface area contributed by atoms with Crippen LogP contribution in [0.25, 0.3) is 11.0 Å². The Kier molecular flexibility index (Phi) is 3.50. The molecule has 0 unspecified atom stereocenters. The number of nitrogens with two attached hydrogens (primary N) is 1. The van der Waals surface area contributed by atoms with Gasteiger partial charge in [0.1, 0.15) is 11.3 Å². The van der Waals surface area contributed by atoms with Crippen LogP contribution in [0.2, 0.25) is 0 Å². The van der Waals surface area contributed by atoms with E-state index in [1.165, 1.54) is 22.1 Å². The van der Waals surface area contributed by atoms with E-state index in [-0.39, 0.29) is 10.8 Å². The fourth-order valence-electron chi connectivity index (χ4n) is 2.92. The van der Waals surface area contributed by atoms with Crippen molar-refractivity contribution in [2.75, 3.05) is 0 Å². The Morgan fingerprint density at radius 3 is 2.05 bits per heavy atom. The lowest BCUT2D eigenvalue weighted by molar-refractivity contribution is 0.500. The van der Waals surface area contributed by atoms with E-state index >= 15 is 0 Å². The summed E-state index contributed by atoms with van der Waals surface area (Å²) < 4.78 is 6.16. The van der Waals surface area contributed by atoms with Gasteiger partial charge in [-0.3, -0.25) is 0 Å². The van der Waals surface area contributed by atoms with Crippen LogP contribution in [0.5, 0.6) is 0 Å². The van der Waals surface area contributed by atoms with E-state index in [1.54, 1.807) is 0 Å². The van der Waals surface area contributed by atoms with Crippen LogP contribution in [-0.4, -0.2) is 0 Å². The maximum Gasteiger partial charge on any atom is 0.138 e. The molecule has 0 amide bonds. The van der Waals surface area contributed by atoms with Gasteiger partial charge >= 0.3 is 0 Å². The Morgan fingerprint density at radius 1 is 1.00 bits per heavy atom. The summed E-state index contributed by atoms with van der Waals surface area (Å²) in [6.45, 7) is 15.9. The Labute approximate surface area is 122 Å². The van der Waals surface area contributed by atoms with Crippen LogP contribution in [0.15, 0.2) is 16.5 Å². The topological polar surface area (TPSA) is 39.2 Å². The fourth-order valence-corrected chi connectivity index (χ4v) is 2.92. The Hall–Kier alpha value is -1.28. The average Bonchev–Trinajstić information content (AvgIpc) is 2.64. The highest BCUT2D eigenvalue weighted by atomic mass is 16.3. The zero-order valence-corrected chi connectivity index (χ0v) is 13.8. The van der Waals surface area contributed by atoms with Crippen molar-refractivity contribution in [2.45, 2.75) is 65.8 Å². The zero-order chi connectivity index (χ0) is 15.3.